The number of aryl methyl sites for hydroxylation is 1. The molecule has 3 nitrogen and oxygen atoms in total. The summed E-state index contributed by atoms with van der Waals surface area (Å²) in [6.45, 7) is 4.65. The Hall–Kier alpha value is -2.68. The van der Waals surface area contributed by atoms with E-state index in [9.17, 15) is 4.79 Å². The van der Waals surface area contributed by atoms with E-state index in [2.05, 4.69) is 19.1 Å². The number of hydrogen-bond donors (Lipinski definition) is 0. The first-order valence-electron chi connectivity index (χ1n) is 8.95. The van der Waals surface area contributed by atoms with Gasteiger partial charge in [0.05, 0.1) is 11.3 Å². The van der Waals surface area contributed by atoms with E-state index in [1.165, 1.54) is 0 Å². The number of aromatic nitrogens is 2. The lowest BCUT2D eigenvalue weighted by atomic mass is 9.99. The maximum atomic E-state index is 12.5. The van der Waals surface area contributed by atoms with Crippen LogP contribution >= 0.6 is 0 Å². The van der Waals surface area contributed by atoms with E-state index >= 15 is 0 Å². The standard InChI is InChI=1S/C22H24N2O/c1-3-4-11-16-24-22(19-14-9-6-10-15-19)20(17(2)25)21(23-24)18-12-7-5-8-13-18/h5-10,12-15H,3-4,11,16H2,1-2H3. The number of Topliss-reactive ketones (excluding diaryl/α,β-unsaturated/α-hetero) is 1. The van der Waals surface area contributed by atoms with E-state index < -0.39 is 0 Å². The Morgan fingerprint density at radius 2 is 1.52 bits per heavy atom. The molecule has 0 aliphatic rings. The van der Waals surface area contributed by atoms with Gasteiger partial charge >= 0.3 is 0 Å². The minimum Gasteiger partial charge on any atom is -0.294 e. The predicted octanol–water partition coefficient (Wildman–Crippen LogP) is 5.61. The SMILES string of the molecule is CCCCCn1nc(-c2ccccc2)c(C(C)=O)c1-c1ccccc1. The van der Waals surface area contributed by atoms with E-state index in [0.717, 1.165) is 48.3 Å². The molecule has 3 heteroatoms. The van der Waals surface area contributed by atoms with E-state index in [4.69, 9.17) is 5.10 Å². The molecule has 0 atom stereocenters. The van der Waals surface area contributed by atoms with E-state index in [1.54, 1.807) is 6.92 Å². The van der Waals surface area contributed by atoms with Crippen molar-refractivity contribution in [3.63, 3.8) is 0 Å². The summed E-state index contributed by atoms with van der Waals surface area (Å²) >= 11 is 0. The summed E-state index contributed by atoms with van der Waals surface area (Å²) in [4.78, 5) is 12.5. The highest BCUT2D eigenvalue weighted by atomic mass is 16.1. The molecule has 0 fully saturated rings. The van der Waals surface area contributed by atoms with Gasteiger partial charge in [0.15, 0.2) is 5.78 Å². The van der Waals surface area contributed by atoms with Gasteiger partial charge in [0.25, 0.3) is 0 Å². The quantitative estimate of drug-likeness (QED) is 0.416. The van der Waals surface area contributed by atoms with Crippen molar-refractivity contribution in [1.29, 1.82) is 0 Å². The molecule has 0 aliphatic heterocycles. The third kappa shape index (κ3) is 3.71. The fourth-order valence-electron chi connectivity index (χ4n) is 3.16. The first kappa shape index (κ1) is 17.2. The highest BCUT2D eigenvalue weighted by Crippen LogP contribution is 2.33. The molecule has 0 bridgehead atoms. The molecule has 0 N–H and O–H groups in total. The Labute approximate surface area is 149 Å². The molecule has 0 unspecified atom stereocenters. The van der Waals surface area contributed by atoms with E-state index in [-0.39, 0.29) is 5.78 Å². The molecule has 1 heterocycles. The summed E-state index contributed by atoms with van der Waals surface area (Å²) in [5.41, 5.74) is 4.46. The van der Waals surface area contributed by atoms with Crippen LogP contribution in [0.3, 0.4) is 0 Å². The van der Waals surface area contributed by atoms with Gasteiger partial charge in [0.1, 0.15) is 5.69 Å². The minimum atomic E-state index is 0.0550. The van der Waals surface area contributed by atoms with Gasteiger partial charge in [-0.15, -0.1) is 0 Å². The Morgan fingerprint density at radius 1 is 0.920 bits per heavy atom. The number of carbonyl (C=O) groups is 1. The molecular formula is C22H24N2O. The second-order valence-electron chi connectivity index (χ2n) is 6.29. The minimum absolute atomic E-state index is 0.0550. The number of rotatable bonds is 7. The zero-order valence-corrected chi connectivity index (χ0v) is 14.9. The average molecular weight is 332 g/mol. The fourth-order valence-corrected chi connectivity index (χ4v) is 3.16. The Kier molecular flexibility index (Phi) is 5.44. The van der Waals surface area contributed by atoms with Crippen LogP contribution in [0.5, 0.6) is 0 Å². The summed E-state index contributed by atoms with van der Waals surface area (Å²) in [6.07, 6.45) is 3.38. The average Bonchev–Trinajstić information content (AvgIpc) is 3.03. The van der Waals surface area contributed by atoms with Crippen LogP contribution < -0.4 is 0 Å². The Morgan fingerprint density at radius 3 is 2.08 bits per heavy atom. The van der Waals surface area contributed by atoms with Crippen molar-refractivity contribution in [2.75, 3.05) is 0 Å². The summed E-state index contributed by atoms with van der Waals surface area (Å²) in [6, 6.07) is 20.1. The lowest BCUT2D eigenvalue weighted by molar-refractivity contribution is 0.101. The first-order valence-corrected chi connectivity index (χ1v) is 8.95. The topological polar surface area (TPSA) is 34.9 Å². The smallest absolute Gasteiger partial charge is 0.164 e. The molecule has 2 aromatic carbocycles. The van der Waals surface area contributed by atoms with Crippen LogP contribution in [0.15, 0.2) is 60.7 Å². The molecule has 0 spiro atoms. The summed E-state index contributed by atoms with van der Waals surface area (Å²) < 4.78 is 2.02. The van der Waals surface area contributed by atoms with Crippen molar-refractivity contribution in [3.8, 4) is 22.5 Å². The molecule has 0 aliphatic carbocycles. The summed E-state index contributed by atoms with van der Waals surface area (Å²) in [7, 11) is 0. The normalized spacial score (nSPS) is 10.8. The van der Waals surface area contributed by atoms with Crippen LogP contribution in [0.2, 0.25) is 0 Å². The van der Waals surface area contributed by atoms with Crippen molar-refractivity contribution in [2.24, 2.45) is 0 Å². The predicted molar refractivity (Wildman–Crippen MR) is 103 cm³/mol. The molecule has 128 valence electrons. The van der Waals surface area contributed by atoms with Gasteiger partial charge in [-0.2, -0.15) is 5.10 Å². The highest BCUT2D eigenvalue weighted by Gasteiger charge is 2.23. The van der Waals surface area contributed by atoms with Crippen LogP contribution in [-0.2, 0) is 6.54 Å². The fraction of sp³-hybridized carbons (Fsp3) is 0.273. The molecular weight excluding hydrogens is 308 g/mol. The van der Waals surface area contributed by atoms with Crippen molar-refractivity contribution >= 4 is 5.78 Å². The summed E-state index contributed by atoms with van der Waals surface area (Å²) in [5.74, 6) is 0.0550. The van der Waals surface area contributed by atoms with Gasteiger partial charge in [-0.25, -0.2) is 0 Å². The largest absolute Gasteiger partial charge is 0.294 e. The number of nitrogens with zero attached hydrogens (tertiary/aromatic N) is 2. The van der Waals surface area contributed by atoms with Gasteiger partial charge < -0.3 is 0 Å². The first-order chi connectivity index (χ1) is 12.2. The molecule has 0 radical (unpaired) electrons. The highest BCUT2D eigenvalue weighted by molar-refractivity contribution is 6.05. The van der Waals surface area contributed by atoms with Crippen molar-refractivity contribution < 1.29 is 4.79 Å². The zero-order chi connectivity index (χ0) is 17.6. The number of benzene rings is 2. The maximum Gasteiger partial charge on any atom is 0.164 e. The van der Waals surface area contributed by atoms with Gasteiger partial charge in [-0.05, 0) is 13.3 Å². The zero-order valence-electron chi connectivity index (χ0n) is 14.9. The van der Waals surface area contributed by atoms with E-state index in [0.29, 0.717) is 5.56 Å². The van der Waals surface area contributed by atoms with E-state index in [1.807, 2.05) is 53.2 Å². The molecule has 3 aromatic rings. The maximum absolute atomic E-state index is 12.5. The Balaban J connectivity index is 2.18. The van der Waals surface area contributed by atoms with Gasteiger partial charge in [0, 0.05) is 17.7 Å². The van der Waals surface area contributed by atoms with Crippen molar-refractivity contribution in [2.45, 2.75) is 39.7 Å². The second kappa shape index (κ2) is 7.93. The Bertz CT molecular complexity index is 835. The third-order valence-electron chi connectivity index (χ3n) is 4.37. The third-order valence-corrected chi connectivity index (χ3v) is 4.37. The molecule has 1 aromatic heterocycles. The number of carbonyl (C=O) groups excluding carboxylic acids is 1. The monoisotopic (exact) mass is 332 g/mol. The van der Waals surface area contributed by atoms with Crippen LogP contribution in [0.1, 0.15) is 43.5 Å². The van der Waals surface area contributed by atoms with Crippen LogP contribution in [0.25, 0.3) is 22.5 Å². The van der Waals surface area contributed by atoms with Gasteiger partial charge in [-0.3, -0.25) is 9.48 Å². The number of ketones is 1. The number of hydrogen-bond acceptors (Lipinski definition) is 2. The molecule has 25 heavy (non-hydrogen) atoms. The molecule has 0 saturated heterocycles. The summed E-state index contributed by atoms with van der Waals surface area (Å²) in [5, 5.41) is 4.85. The van der Waals surface area contributed by atoms with Gasteiger partial charge in [-0.1, -0.05) is 80.4 Å². The number of unbranched alkanes of at least 4 members (excludes halogenated alkanes) is 2. The molecule has 3 rings (SSSR count). The second-order valence-corrected chi connectivity index (χ2v) is 6.29. The van der Waals surface area contributed by atoms with Gasteiger partial charge in [0.2, 0.25) is 0 Å². The molecule has 0 amide bonds. The van der Waals surface area contributed by atoms with Crippen LogP contribution in [0.4, 0.5) is 0 Å². The van der Waals surface area contributed by atoms with Crippen molar-refractivity contribution in [3.05, 3.63) is 66.2 Å². The van der Waals surface area contributed by atoms with Crippen LogP contribution in [-0.4, -0.2) is 15.6 Å². The van der Waals surface area contributed by atoms with Crippen LogP contribution in [0, 0.1) is 0 Å². The lowest BCUT2D eigenvalue weighted by Gasteiger charge is -2.09. The molecule has 0 saturated carbocycles. The van der Waals surface area contributed by atoms with Crippen molar-refractivity contribution in [1.82, 2.24) is 9.78 Å². The lowest BCUT2D eigenvalue weighted by Crippen LogP contribution is -2.04.